The predicted molar refractivity (Wildman–Crippen MR) is 138 cm³/mol. The number of carbonyl (C=O) groups is 1. The second kappa shape index (κ2) is 12.1. The summed E-state index contributed by atoms with van der Waals surface area (Å²) in [5, 5.41) is 0. The van der Waals surface area contributed by atoms with E-state index in [1.807, 2.05) is 52.1 Å². The van der Waals surface area contributed by atoms with Gasteiger partial charge in [0.15, 0.2) is 0 Å². The first-order chi connectivity index (χ1) is 16.7. The summed E-state index contributed by atoms with van der Waals surface area (Å²) in [6.07, 6.45) is 4.36. The number of pyridine rings is 1. The molecule has 4 rings (SSSR count). The van der Waals surface area contributed by atoms with Gasteiger partial charge in [-0.25, -0.2) is 4.98 Å². The van der Waals surface area contributed by atoms with Crippen LogP contribution in [0.15, 0.2) is 35.3 Å². The maximum atomic E-state index is 12.1. The highest BCUT2D eigenvalue weighted by Crippen LogP contribution is 2.28. The molecule has 1 saturated heterocycles. The number of aryl methyl sites for hydroxylation is 2. The number of carbonyl (C=O) groups excluding carboxylic acids is 1. The summed E-state index contributed by atoms with van der Waals surface area (Å²) >= 11 is 0. The standard InChI is InChI=1S/C20H24N4O2.C7H14O2/c1-13-7-16(11-23(2)20(13)25)19-22-17-4-3-14(9-21)8-18(17)24(19)10-15-5-6-26-12-15;1-4-5-7(8)9-6(2)3/h3-4,7-8,11,15H,5-6,9-10,12,21H2,1-2H3;6H,4-5H2,1-3H3. The van der Waals surface area contributed by atoms with Crippen molar-refractivity contribution in [3.8, 4) is 11.4 Å². The molecule has 1 unspecified atom stereocenters. The molecule has 8 nitrogen and oxygen atoms in total. The van der Waals surface area contributed by atoms with Crippen molar-refractivity contribution >= 4 is 17.0 Å². The SMILES string of the molecule is CCCC(=O)OC(C)C.Cc1cc(-c2nc3ccc(CN)cc3n2CC2CCOC2)cn(C)c1=O. The Bertz CT molecular complexity index is 1180. The molecule has 1 aromatic carbocycles. The summed E-state index contributed by atoms with van der Waals surface area (Å²) < 4.78 is 14.3. The number of fused-ring (bicyclic) bond motifs is 1. The van der Waals surface area contributed by atoms with Gasteiger partial charge in [-0.2, -0.15) is 0 Å². The van der Waals surface area contributed by atoms with Crippen LogP contribution >= 0.6 is 0 Å². The Morgan fingerprint density at radius 3 is 2.69 bits per heavy atom. The van der Waals surface area contributed by atoms with Crippen molar-refractivity contribution in [1.82, 2.24) is 14.1 Å². The van der Waals surface area contributed by atoms with Crippen molar-refractivity contribution in [2.75, 3.05) is 13.2 Å². The largest absolute Gasteiger partial charge is 0.463 e. The van der Waals surface area contributed by atoms with Crippen LogP contribution in [-0.2, 0) is 34.4 Å². The van der Waals surface area contributed by atoms with Crippen molar-refractivity contribution in [3.63, 3.8) is 0 Å². The van der Waals surface area contributed by atoms with E-state index in [2.05, 4.69) is 10.6 Å². The number of aromatic nitrogens is 3. The van der Waals surface area contributed by atoms with Crippen LogP contribution in [0.3, 0.4) is 0 Å². The van der Waals surface area contributed by atoms with Gasteiger partial charge in [-0.3, -0.25) is 9.59 Å². The van der Waals surface area contributed by atoms with Crippen molar-refractivity contribution < 1.29 is 14.3 Å². The fraction of sp³-hybridized carbons (Fsp3) is 0.519. The number of imidazole rings is 1. The molecule has 0 amide bonds. The minimum Gasteiger partial charge on any atom is -0.463 e. The van der Waals surface area contributed by atoms with Gasteiger partial charge in [0.25, 0.3) is 5.56 Å². The summed E-state index contributed by atoms with van der Waals surface area (Å²) in [7, 11) is 1.78. The maximum Gasteiger partial charge on any atom is 0.306 e. The summed E-state index contributed by atoms with van der Waals surface area (Å²) in [6.45, 7) is 10.5. The highest BCUT2D eigenvalue weighted by Gasteiger charge is 2.21. The van der Waals surface area contributed by atoms with Gasteiger partial charge in [0.1, 0.15) is 5.82 Å². The molecule has 0 saturated carbocycles. The zero-order valence-electron chi connectivity index (χ0n) is 21.5. The number of benzene rings is 1. The van der Waals surface area contributed by atoms with Gasteiger partial charge in [0, 0.05) is 56.4 Å². The van der Waals surface area contributed by atoms with Crippen LogP contribution in [0, 0.1) is 12.8 Å². The van der Waals surface area contributed by atoms with E-state index in [1.165, 1.54) is 0 Å². The number of hydrogen-bond donors (Lipinski definition) is 1. The van der Waals surface area contributed by atoms with Crippen LogP contribution in [0.25, 0.3) is 22.4 Å². The number of nitrogens with two attached hydrogens (primary N) is 1. The van der Waals surface area contributed by atoms with Gasteiger partial charge in [-0.1, -0.05) is 13.0 Å². The van der Waals surface area contributed by atoms with Crippen LogP contribution in [0.2, 0.25) is 0 Å². The molecule has 0 spiro atoms. The summed E-state index contributed by atoms with van der Waals surface area (Å²) in [5.41, 5.74) is 10.7. The number of hydrogen-bond acceptors (Lipinski definition) is 6. The van der Waals surface area contributed by atoms with Gasteiger partial charge < -0.3 is 24.3 Å². The average molecular weight is 483 g/mol. The number of nitrogens with zero attached hydrogens (tertiary/aromatic N) is 3. The second-order valence-electron chi connectivity index (χ2n) is 9.42. The molecule has 0 bridgehead atoms. The van der Waals surface area contributed by atoms with Gasteiger partial charge in [0.05, 0.1) is 23.7 Å². The molecule has 1 atom stereocenters. The van der Waals surface area contributed by atoms with Crippen LogP contribution in [0.4, 0.5) is 0 Å². The Balaban J connectivity index is 0.000000327. The van der Waals surface area contributed by atoms with Crippen LogP contribution in [0.1, 0.15) is 51.2 Å². The van der Waals surface area contributed by atoms with Gasteiger partial charge >= 0.3 is 5.97 Å². The average Bonchev–Trinajstić information content (AvgIpc) is 3.45. The minimum absolute atomic E-state index is 0.0195. The molecule has 2 N–H and O–H groups in total. The Morgan fingerprint density at radius 1 is 1.31 bits per heavy atom. The first-order valence-electron chi connectivity index (χ1n) is 12.4. The Hall–Kier alpha value is -2.97. The monoisotopic (exact) mass is 482 g/mol. The highest BCUT2D eigenvalue weighted by molar-refractivity contribution is 5.81. The molecular formula is C27H38N4O4. The van der Waals surface area contributed by atoms with Crippen LogP contribution < -0.4 is 11.3 Å². The van der Waals surface area contributed by atoms with Crippen LogP contribution in [0.5, 0.6) is 0 Å². The highest BCUT2D eigenvalue weighted by atomic mass is 16.5. The number of rotatable bonds is 7. The lowest BCUT2D eigenvalue weighted by Crippen LogP contribution is -2.19. The van der Waals surface area contributed by atoms with Crippen molar-refractivity contribution in [2.24, 2.45) is 18.7 Å². The van der Waals surface area contributed by atoms with E-state index in [1.54, 1.807) is 11.6 Å². The molecule has 1 fully saturated rings. The smallest absolute Gasteiger partial charge is 0.306 e. The van der Waals surface area contributed by atoms with E-state index in [-0.39, 0.29) is 17.6 Å². The third kappa shape index (κ3) is 6.80. The van der Waals surface area contributed by atoms with Gasteiger partial charge in [0.2, 0.25) is 0 Å². The fourth-order valence-corrected chi connectivity index (χ4v) is 4.21. The minimum atomic E-state index is -0.0903. The zero-order valence-corrected chi connectivity index (χ0v) is 21.5. The molecule has 8 heteroatoms. The van der Waals surface area contributed by atoms with Crippen molar-refractivity contribution in [1.29, 1.82) is 0 Å². The molecule has 35 heavy (non-hydrogen) atoms. The summed E-state index contributed by atoms with van der Waals surface area (Å²) in [6, 6.07) is 8.09. The Morgan fingerprint density at radius 2 is 2.09 bits per heavy atom. The lowest BCUT2D eigenvalue weighted by Gasteiger charge is -2.14. The molecular weight excluding hydrogens is 444 g/mol. The quantitative estimate of drug-likeness (QED) is 0.512. The predicted octanol–water partition coefficient (Wildman–Crippen LogP) is 3.94. The molecule has 1 aliphatic heterocycles. The third-order valence-electron chi connectivity index (χ3n) is 5.96. The van der Waals surface area contributed by atoms with Crippen molar-refractivity contribution in [2.45, 2.75) is 66.2 Å². The van der Waals surface area contributed by atoms with Gasteiger partial charge in [-0.05, 0) is 57.4 Å². The molecule has 190 valence electrons. The first kappa shape index (κ1) is 26.6. The number of ether oxygens (including phenoxy) is 2. The molecule has 3 aromatic rings. The van der Waals surface area contributed by atoms with Crippen LogP contribution in [-0.4, -0.2) is 39.4 Å². The normalized spacial score (nSPS) is 15.3. The van der Waals surface area contributed by atoms with E-state index < -0.39 is 0 Å². The third-order valence-corrected chi connectivity index (χ3v) is 5.96. The Labute approximate surface area is 207 Å². The van der Waals surface area contributed by atoms with E-state index in [0.29, 0.717) is 18.9 Å². The molecule has 3 heterocycles. The van der Waals surface area contributed by atoms with Gasteiger partial charge in [-0.15, -0.1) is 0 Å². The Kier molecular flexibility index (Phi) is 9.23. The fourth-order valence-electron chi connectivity index (χ4n) is 4.21. The lowest BCUT2D eigenvalue weighted by molar-refractivity contribution is -0.147. The molecule has 2 aromatic heterocycles. The maximum absolute atomic E-state index is 12.1. The lowest BCUT2D eigenvalue weighted by atomic mass is 10.1. The van der Waals surface area contributed by atoms with E-state index in [9.17, 15) is 9.59 Å². The molecule has 0 aliphatic carbocycles. The summed E-state index contributed by atoms with van der Waals surface area (Å²) in [5.74, 6) is 1.27. The van der Waals surface area contributed by atoms with E-state index in [4.69, 9.17) is 20.2 Å². The zero-order chi connectivity index (χ0) is 25.5. The second-order valence-corrected chi connectivity index (χ2v) is 9.42. The first-order valence-corrected chi connectivity index (χ1v) is 12.4. The molecule has 0 radical (unpaired) electrons. The van der Waals surface area contributed by atoms with E-state index in [0.717, 1.165) is 66.1 Å². The molecule has 1 aliphatic rings. The van der Waals surface area contributed by atoms with Crippen molar-refractivity contribution in [3.05, 3.63) is 51.9 Å². The topological polar surface area (TPSA) is 101 Å². The summed E-state index contributed by atoms with van der Waals surface area (Å²) in [4.78, 5) is 27.6. The number of esters is 1. The van der Waals surface area contributed by atoms with E-state index >= 15 is 0 Å².